The molecule has 0 fully saturated rings. The standard InChI is InChI=1S/C17H13ClFN3OS/c1-21-14(23)5-3-10-7-22-17(20)15-11(8-24-16(10)15)9-2-4-13(19)12(18)6-9/h2-8H,1H3,(H2,20,22)(H,21,23)/b5-3+. The van der Waals surface area contributed by atoms with Crippen molar-refractivity contribution in [3.63, 3.8) is 0 Å². The Labute approximate surface area is 146 Å². The van der Waals surface area contributed by atoms with Gasteiger partial charge in [0, 0.05) is 40.5 Å². The predicted molar refractivity (Wildman–Crippen MR) is 97.5 cm³/mol. The van der Waals surface area contributed by atoms with Crippen molar-refractivity contribution in [2.75, 3.05) is 12.8 Å². The molecule has 0 atom stereocenters. The molecule has 0 unspecified atom stereocenters. The van der Waals surface area contributed by atoms with Crippen LogP contribution in [0.25, 0.3) is 27.3 Å². The van der Waals surface area contributed by atoms with Crippen LogP contribution in [0.3, 0.4) is 0 Å². The Bertz CT molecular complexity index is 968. The zero-order valence-corrected chi connectivity index (χ0v) is 14.2. The second-order valence-corrected chi connectivity index (χ2v) is 6.32. The summed E-state index contributed by atoms with van der Waals surface area (Å²) in [7, 11) is 1.56. The Morgan fingerprint density at radius 1 is 1.46 bits per heavy atom. The molecule has 3 N–H and O–H groups in total. The summed E-state index contributed by atoms with van der Waals surface area (Å²) in [5, 5.41) is 5.26. The van der Waals surface area contributed by atoms with Gasteiger partial charge in [-0.1, -0.05) is 17.7 Å². The van der Waals surface area contributed by atoms with E-state index in [1.54, 1.807) is 31.5 Å². The summed E-state index contributed by atoms with van der Waals surface area (Å²) in [5.41, 5.74) is 8.42. The fourth-order valence-corrected chi connectivity index (χ4v) is 3.59. The molecule has 0 saturated carbocycles. The van der Waals surface area contributed by atoms with Gasteiger partial charge in [-0.05, 0) is 29.2 Å². The molecule has 0 aliphatic heterocycles. The minimum Gasteiger partial charge on any atom is -0.383 e. The smallest absolute Gasteiger partial charge is 0.243 e. The molecule has 122 valence electrons. The summed E-state index contributed by atoms with van der Waals surface area (Å²) < 4.78 is 14.3. The van der Waals surface area contributed by atoms with Gasteiger partial charge in [0.1, 0.15) is 11.6 Å². The monoisotopic (exact) mass is 361 g/mol. The number of benzene rings is 1. The number of nitrogens with one attached hydrogen (secondary N) is 1. The largest absolute Gasteiger partial charge is 0.383 e. The van der Waals surface area contributed by atoms with Crippen LogP contribution in [-0.2, 0) is 4.79 Å². The van der Waals surface area contributed by atoms with Gasteiger partial charge in [0.15, 0.2) is 0 Å². The Balaban J connectivity index is 2.16. The number of nitrogens with zero attached hydrogens (tertiary/aromatic N) is 1. The first-order valence-corrected chi connectivity index (χ1v) is 8.28. The number of hydrogen-bond donors (Lipinski definition) is 2. The molecular formula is C17H13ClFN3OS. The molecule has 4 nitrogen and oxygen atoms in total. The molecule has 0 radical (unpaired) electrons. The van der Waals surface area contributed by atoms with E-state index in [4.69, 9.17) is 17.3 Å². The van der Waals surface area contributed by atoms with Crippen LogP contribution in [0.1, 0.15) is 5.56 Å². The molecule has 3 rings (SSSR count). The van der Waals surface area contributed by atoms with Gasteiger partial charge in [-0.3, -0.25) is 4.79 Å². The highest BCUT2D eigenvalue weighted by Gasteiger charge is 2.14. The van der Waals surface area contributed by atoms with E-state index in [0.717, 1.165) is 26.8 Å². The Kier molecular flexibility index (Phi) is 4.51. The molecule has 2 heterocycles. The van der Waals surface area contributed by atoms with Crippen molar-refractivity contribution in [2.45, 2.75) is 0 Å². The number of anilines is 1. The fraction of sp³-hybridized carbons (Fsp3) is 0.0588. The average molecular weight is 362 g/mol. The van der Waals surface area contributed by atoms with Crippen LogP contribution in [0.4, 0.5) is 10.2 Å². The number of nitrogen functional groups attached to an aromatic ring is 1. The number of rotatable bonds is 3. The number of halogens is 2. The van der Waals surface area contributed by atoms with Gasteiger partial charge in [0.2, 0.25) is 5.91 Å². The first-order valence-electron chi connectivity index (χ1n) is 7.02. The van der Waals surface area contributed by atoms with Crippen molar-refractivity contribution in [1.29, 1.82) is 0 Å². The van der Waals surface area contributed by atoms with Crippen LogP contribution < -0.4 is 11.1 Å². The number of pyridine rings is 1. The zero-order chi connectivity index (χ0) is 17.3. The SMILES string of the molecule is CNC(=O)/C=C/c1cnc(N)c2c(-c3ccc(F)c(Cl)c3)csc12. The van der Waals surface area contributed by atoms with Crippen molar-refractivity contribution in [1.82, 2.24) is 10.3 Å². The van der Waals surface area contributed by atoms with Crippen LogP contribution in [-0.4, -0.2) is 17.9 Å². The van der Waals surface area contributed by atoms with Gasteiger partial charge in [-0.2, -0.15) is 0 Å². The Hall–Kier alpha value is -2.44. The number of fused-ring (bicyclic) bond motifs is 1. The number of amides is 1. The molecular weight excluding hydrogens is 349 g/mol. The molecule has 1 amide bonds. The number of carbonyl (C=O) groups is 1. The third-order valence-electron chi connectivity index (χ3n) is 3.54. The maximum absolute atomic E-state index is 13.4. The fourth-order valence-electron chi connectivity index (χ4n) is 2.33. The summed E-state index contributed by atoms with van der Waals surface area (Å²) in [5.74, 6) is -0.305. The maximum atomic E-state index is 13.4. The number of nitrogens with two attached hydrogens (primary N) is 1. The number of likely N-dealkylation sites (N-methyl/N-ethyl adjacent to an activating group) is 1. The molecule has 0 aliphatic carbocycles. The van der Waals surface area contributed by atoms with Gasteiger partial charge in [0.25, 0.3) is 0 Å². The summed E-state index contributed by atoms with van der Waals surface area (Å²) in [6, 6.07) is 4.53. The zero-order valence-electron chi connectivity index (χ0n) is 12.6. The minimum atomic E-state index is -0.472. The summed E-state index contributed by atoms with van der Waals surface area (Å²) in [6.45, 7) is 0. The third-order valence-corrected chi connectivity index (χ3v) is 4.86. The van der Waals surface area contributed by atoms with Crippen LogP contribution in [0, 0.1) is 5.82 Å². The number of carbonyl (C=O) groups excluding carboxylic acids is 1. The molecule has 0 spiro atoms. The van der Waals surface area contributed by atoms with E-state index < -0.39 is 5.82 Å². The van der Waals surface area contributed by atoms with Gasteiger partial charge >= 0.3 is 0 Å². The normalized spacial score (nSPS) is 11.3. The highest BCUT2D eigenvalue weighted by atomic mass is 35.5. The number of aromatic nitrogens is 1. The number of thiophene rings is 1. The summed E-state index contributed by atoms with van der Waals surface area (Å²) >= 11 is 7.36. The minimum absolute atomic E-state index is 0.0500. The van der Waals surface area contributed by atoms with E-state index >= 15 is 0 Å². The highest BCUT2D eigenvalue weighted by molar-refractivity contribution is 7.18. The molecule has 2 aromatic heterocycles. The second kappa shape index (κ2) is 6.59. The molecule has 24 heavy (non-hydrogen) atoms. The van der Waals surface area contributed by atoms with E-state index in [-0.39, 0.29) is 10.9 Å². The van der Waals surface area contributed by atoms with Crippen LogP contribution in [0.15, 0.2) is 35.9 Å². The molecule has 0 saturated heterocycles. The first-order chi connectivity index (χ1) is 11.5. The third kappa shape index (κ3) is 2.98. The van der Waals surface area contributed by atoms with Crippen molar-refractivity contribution in [3.05, 3.63) is 52.3 Å². The lowest BCUT2D eigenvalue weighted by Crippen LogP contribution is -2.13. The van der Waals surface area contributed by atoms with Gasteiger partial charge in [0.05, 0.1) is 5.02 Å². The molecule has 3 aromatic rings. The first kappa shape index (κ1) is 16.4. The average Bonchev–Trinajstić information content (AvgIpc) is 3.02. The van der Waals surface area contributed by atoms with Crippen molar-refractivity contribution >= 4 is 50.8 Å². The molecule has 7 heteroatoms. The molecule has 0 aliphatic rings. The van der Waals surface area contributed by atoms with E-state index in [1.807, 2.05) is 5.38 Å². The lowest BCUT2D eigenvalue weighted by atomic mass is 10.0. The van der Waals surface area contributed by atoms with Crippen molar-refractivity contribution in [3.8, 4) is 11.1 Å². The van der Waals surface area contributed by atoms with Crippen molar-refractivity contribution < 1.29 is 9.18 Å². The van der Waals surface area contributed by atoms with E-state index in [2.05, 4.69) is 10.3 Å². The van der Waals surface area contributed by atoms with E-state index in [9.17, 15) is 9.18 Å². The van der Waals surface area contributed by atoms with E-state index in [0.29, 0.717) is 5.82 Å². The van der Waals surface area contributed by atoms with Crippen LogP contribution in [0.5, 0.6) is 0 Å². The lowest BCUT2D eigenvalue weighted by molar-refractivity contribution is -0.115. The highest BCUT2D eigenvalue weighted by Crippen LogP contribution is 2.39. The second-order valence-electron chi connectivity index (χ2n) is 5.03. The Morgan fingerprint density at radius 3 is 2.96 bits per heavy atom. The van der Waals surface area contributed by atoms with Gasteiger partial charge < -0.3 is 11.1 Å². The van der Waals surface area contributed by atoms with Gasteiger partial charge in [-0.25, -0.2) is 9.37 Å². The molecule has 1 aromatic carbocycles. The van der Waals surface area contributed by atoms with Crippen LogP contribution in [0.2, 0.25) is 5.02 Å². The maximum Gasteiger partial charge on any atom is 0.243 e. The van der Waals surface area contributed by atoms with Crippen LogP contribution >= 0.6 is 22.9 Å². The van der Waals surface area contributed by atoms with Crippen molar-refractivity contribution in [2.24, 2.45) is 0 Å². The van der Waals surface area contributed by atoms with E-state index in [1.165, 1.54) is 23.5 Å². The molecule has 0 bridgehead atoms. The van der Waals surface area contributed by atoms with Gasteiger partial charge in [-0.15, -0.1) is 11.3 Å². The summed E-state index contributed by atoms with van der Waals surface area (Å²) in [4.78, 5) is 15.6. The Morgan fingerprint density at radius 2 is 2.25 bits per heavy atom. The predicted octanol–water partition coefficient (Wildman–Crippen LogP) is 4.10. The lowest BCUT2D eigenvalue weighted by Gasteiger charge is -2.05. The number of hydrogen-bond acceptors (Lipinski definition) is 4. The quantitative estimate of drug-likeness (QED) is 0.690. The summed E-state index contributed by atoms with van der Waals surface area (Å²) in [6.07, 6.45) is 4.74. The topological polar surface area (TPSA) is 68.0 Å².